The summed E-state index contributed by atoms with van der Waals surface area (Å²) in [5, 5.41) is 18.8. The molecule has 0 bridgehead atoms. The Balaban J connectivity index is 1.97. The maximum Gasteiger partial charge on any atom is 0.335 e. The summed E-state index contributed by atoms with van der Waals surface area (Å²) in [6.45, 7) is 0. The van der Waals surface area contributed by atoms with Crippen molar-refractivity contribution in [3.63, 3.8) is 0 Å². The lowest BCUT2D eigenvalue weighted by Crippen LogP contribution is -1.96. The Labute approximate surface area is 153 Å². The van der Waals surface area contributed by atoms with Gasteiger partial charge in [-0.2, -0.15) is 5.26 Å². The van der Waals surface area contributed by atoms with Crippen LogP contribution in [0.3, 0.4) is 0 Å². The molecular weight excluding hydrogens is 357 g/mol. The second-order valence-electron chi connectivity index (χ2n) is 5.38. The van der Waals surface area contributed by atoms with Crippen LogP contribution >= 0.6 is 11.6 Å². The normalized spacial score (nSPS) is 11.2. The van der Waals surface area contributed by atoms with E-state index in [0.29, 0.717) is 33.2 Å². The van der Waals surface area contributed by atoms with E-state index < -0.39 is 5.97 Å². The van der Waals surface area contributed by atoms with Gasteiger partial charge in [0.1, 0.15) is 17.3 Å². The van der Waals surface area contributed by atoms with Crippen molar-refractivity contribution in [1.29, 1.82) is 5.26 Å². The molecule has 0 atom stereocenters. The monoisotopic (exact) mass is 367 g/mol. The fourth-order valence-corrected chi connectivity index (χ4v) is 2.58. The fraction of sp³-hybridized carbons (Fsp3) is 0. The van der Waals surface area contributed by atoms with Crippen LogP contribution in [0.4, 0.5) is 4.39 Å². The minimum Gasteiger partial charge on any atom is -0.478 e. The first-order valence-corrected chi connectivity index (χ1v) is 7.86. The number of furan rings is 1. The Morgan fingerprint density at radius 1 is 1.12 bits per heavy atom. The zero-order valence-corrected chi connectivity index (χ0v) is 14.0. The number of nitrogens with zero attached hydrogens (tertiary/aromatic N) is 1. The van der Waals surface area contributed by atoms with Gasteiger partial charge in [-0.05, 0) is 54.1 Å². The maximum absolute atomic E-state index is 13.0. The molecule has 0 unspecified atom stereocenters. The van der Waals surface area contributed by atoms with E-state index in [4.69, 9.17) is 21.1 Å². The van der Waals surface area contributed by atoms with E-state index in [-0.39, 0.29) is 11.4 Å². The third kappa shape index (κ3) is 3.66. The molecule has 0 saturated carbocycles. The molecule has 0 amide bonds. The number of carboxylic acid groups (broad SMARTS) is 1. The van der Waals surface area contributed by atoms with Crippen LogP contribution in [0.2, 0.25) is 5.02 Å². The molecule has 0 fully saturated rings. The predicted molar refractivity (Wildman–Crippen MR) is 96.0 cm³/mol. The lowest BCUT2D eigenvalue weighted by molar-refractivity contribution is 0.0697. The number of hydrogen-bond donors (Lipinski definition) is 1. The molecule has 2 aromatic carbocycles. The molecule has 0 saturated heterocycles. The van der Waals surface area contributed by atoms with Gasteiger partial charge in [-0.3, -0.25) is 0 Å². The summed E-state index contributed by atoms with van der Waals surface area (Å²) in [6, 6.07) is 15.2. The molecule has 26 heavy (non-hydrogen) atoms. The van der Waals surface area contributed by atoms with E-state index in [1.54, 1.807) is 12.1 Å². The van der Waals surface area contributed by atoms with E-state index >= 15 is 0 Å². The summed E-state index contributed by atoms with van der Waals surface area (Å²) in [6.07, 6.45) is 1.52. The smallest absolute Gasteiger partial charge is 0.335 e. The van der Waals surface area contributed by atoms with Gasteiger partial charge in [-0.25, -0.2) is 9.18 Å². The standard InChI is InChI=1S/C20H11ClFNO3/c21-18-7-3-13(20(24)25)10-17(18)19-8-6-16(26-19)9-14(11-23)12-1-4-15(22)5-2-12/h1-10H,(H,24,25)/b14-9-. The summed E-state index contributed by atoms with van der Waals surface area (Å²) in [4.78, 5) is 11.1. The summed E-state index contributed by atoms with van der Waals surface area (Å²) in [7, 11) is 0. The predicted octanol–water partition coefficient (Wildman–Crippen LogP) is 5.50. The lowest BCUT2D eigenvalue weighted by Gasteiger charge is -2.03. The van der Waals surface area contributed by atoms with Crippen molar-refractivity contribution < 1.29 is 18.7 Å². The third-order valence-electron chi connectivity index (χ3n) is 3.67. The van der Waals surface area contributed by atoms with Crippen molar-refractivity contribution in [1.82, 2.24) is 0 Å². The van der Waals surface area contributed by atoms with Crippen molar-refractivity contribution in [2.45, 2.75) is 0 Å². The molecule has 1 N–H and O–H groups in total. The molecule has 0 radical (unpaired) electrons. The van der Waals surface area contributed by atoms with E-state index in [0.717, 1.165) is 0 Å². The summed E-state index contributed by atoms with van der Waals surface area (Å²) in [5.74, 6) is -0.699. The van der Waals surface area contributed by atoms with Gasteiger partial charge < -0.3 is 9.52 Å². The number of hydrogen-bond acceptors (Lipinski definition) is 3. The molecule has 4 nitrogen and oxygen atoms in total. The average Bonchev–Trinajstić information content (AvgIpc) is 3.09. The fourth-order valence-electron chi connectivity index (χ4n) is 2.37. The van der Waals surface area contributed by atoms with E-state index in [1.165, 1.54) is 48.5 Å². The first-order valence-electron chi connectivity index (χ1n) is 7.48. The topological polar surface area (TPSA) is 74.2 Å². The van der Waals surface area contributed by atoms with Crippen LogP contribution in [-0.2, 0) is 0 Å². The number of benzene rings is 2. The molecule has 128 valence electrons. The van der Waals surface area contributed by atoms with Crippen LogP contribution in [0, 0.1) is 17.1 Å². The van der Waals surface area contributed by atoms with Crippen LogP contribution in [0.5, 0.6) is 0 Å². The van der Waals surface area contributed by atoms with Crippen molar-refractivity contribution in [3.8, 4) is 17.4 Å². The van der Waals surface area contributed by atoms with Gasteiger partial charge in [-0.15, -0.1) is 0 Å². The molecule has 1 heterocycles. The van der Waals surface area contributed by atoms with Gasteiger partial charge in [0, 0.05) is 5.56 Å². The van der Waals surface area contributed by atoms with Gasteiger partial charge in [0.05, 0.1) is 22.2 Å². The SMILES string of the molecule is N#C/C(=C/c1ccc(-c2cc(C(=O)O)ccc2Cl)o1)c1ccc(F)cc1. The Hall–Kier alpha value is -3.36. The number of aromatic carboxylic acids is 1. The van der Waals surface area contributed by atoms with Crippen LogP contribution in [0.25, 0.3) is 23.0 Å². The Kier molecular flexibility index (Phi) is 4.87. The summed E-state index contributed by atoms with van der Waals surface area (Å²) < 4.78 is 18.7. The minimum absolute atomic E-state index is 0.0851. The van der Waals surface area contributed by atoms with Crippen molar-refractivity contribution in [2.24, 2.45) is 0 Å². The van der Waals surface area contributed by atoms with Crippen molar-refractivity contribution >= 4 is 29.2 Å². The molecule has 3 rings (SSSR count). The number of allylic oxidation sites excluding steroid dienone is 1. The van der Waals surface area contributed by atoms with E-state index in [9.17, 15) is 14.4 Å². The van der Waals surface area contributed by atoms with Gasteiger partial charge in [0.25, 0.3) is 0 Å². The number of halogens is 2. The van der Waals surface area contributed by atoms with Crippen LogP contribution in [-0.4, -0.2) is 11.1 Å². The molecule has 3 aromatic rings. The van der Waals surface area contributed by atoms with Crippen LogP contribution < -0.4 is 0 Å². The number of carbonyl (C=O) groups is 1. The van der Waals surface area contributed by atoms with Gasteiger partial charge in [0.15, 0.2) is 0 Å². The molecule has 0 aliphatic carbocycles. The highest BCUT2D eigenvalue weighted by Gasteiger charge is 2.12. The highest BCUT2D eigenvalue weighted by atomic mass is 35.5. The number of rotatable bonds is 4. The second kappa shape index (κ2) is 7.26. The quantitative estimate of drug-likeness (QED) is 0.618. The van der Waals surface area contributed by atoms with Crippen molar-refractivity contribution in [2.75, 3.05) is 0 Å². The molecule has 0 spiro atoms. The second-order valence-corrected chi connectivity index (χ2v) is 5.79. The molecule has 6 heteroatoms. The summed E-state index contributed by atoms with van der Waals surface area (Å²) in [5.41, 5.74) is 1.38. The largest absolute Gasteiger partial charge is 0.478 e. The first kappa shape index (κ1) is 17.5. The Morgan fingerprint density at radius 2 is 1.81 bits per heavy atom. The summed E-state index contributed by atoms with van der Waals surface area (Å²) >= 11 is 6.13. The first-order chi connectivity index (χ1) is 12.5. The van der Waals surface area contributed by atoms with Crippen molar-refractivity contribution in [3.05, 3.63) is 82.3 Å². The third-order valence-corrected chi connectivity index (χ3v) is 4.00. The van der Waals surface area contributed by atoms with Crippen LogP contribution in [0.1, 0.15) is 21.7 Å². The lowest BCUT2D eigenvalue weighted by atomic mass is 10.1. The zero-order chi connectivity index (χ0) is 18.7. The molecule has 0 aliphatic heterocycles. The van der Waals surface area contributed by atoms with E-state index in [2.05, 4.69) is 0 Å². The van der Waals surface area contributed by atoms with E-state index in [1.807, 2.05) is 6.07 Å². The van der Waals surface area contributed by atoms with Crippen LogP contribution in [0.15, 0.2) is 59.0 Å². The zero-order valence-electron chi connectivity index (χ0n) is 13.2. The Morgan fingerprint density at radius 3 is 2.46 bits per heavy atom. The highest BCUT2D eigenvalue weighted by molar-refractivity contribution is 6.33. The number of nitriles is 1. The molecular formula is C20H11ClFNO3. The van der Waals surface area contributed by atoms with Gasteiger partial charge >= 0.3 is 5.97 Å². The molecule has 1 aromatic heterocycles. The number of carboxylic acids is 1. The van der Waals surface area contributed by atoms with Gasteiger partial charge in [0.2, 0.25) is 0 Å². The minimum atomic E-state index is -1.07. The average molecular weight is 368 g/mol. The molecule has 0 aliphatic rings. The highest BCUT2D eigenvalue weighted by Crippen LogP contribution is 2.31. The maximum atomic E-state index is 13.0. The van der Waals surface area contributed by atoms with Gasteiger partial charge in [-0.1, -0.05) is 23.7 Å². The Bertz CT molecular complexity index is 1050.